The standard InChI is InChI=1S/C34H45N3O4S2/c1-5-25(2)31(36-33(39)24-43-23-26-12-7-6-8-13-26)21-37(20-28-16-11-15-27-14-9-10-17-29(27)28)22-32(38)35-30(18-19-42-4)34(40)41-3/h6-17,25,30-31H,5,18-24H2,1-4H3,(H,35,38)(H,36,39)/t25-,30-,31+/m0/s1. The van der Waals surface area contributed by atoms with Gasteiger partial charge in [0, 0.05) is 24.9 Å². The number of carbonyl (C=O) groups is 3. The quantitative estimate of drug-likeness (QED) is 0.181. The van der Waals surface area contributed by atoms with Gasteiger partial charge < -0.3 is 15.4 Å². The highest BCUT2D eigenvalue weighted by Crippen LogP contribution is 2.21. The van der Waals surface area contributed by atoms with E-state index in [-0.39, 0.29) is 30.3 Å². The third-order valence-corrected chi connectivity index (χ3v) is 9.20. The van der Waals surface area contributed by atoms with Crippen molar-refractivity contribution in [2.45, 2.75) is 51.1 Å². The number of esters is 1. The average Bonchev–Trinajstić information content (AvgIpc) is 3.02. The molecule has 0 aliphatic rings. The first-order valence-electron chi connectivity index (χ1n) is 14.8. The van der Waals surface area contributed by atoms with Crippen LogP contribution in [0, 0.1) is 5.92 Å². The van der Waals surface area contributed by atoms with E-state index in [4.69, 9.17) is 4.74 Å². The summed E-state index contributed by atoms with van der Waals surface area (Å²) in [5.74, 6) is 1.36. The number of carbonyl (C=O) groups excluding carboxylic acids is 3. The first-order valence-corrected chi connectivity index (χ1v) is 17.4. The Labute approximate surface area is 264 Å². The molecule has 2 N–H and O–H groups in total. The van der Waals surface area contributed by atoms with E-state index in [0.29, 0.717) is 25.3 Å². The molecule has 0 aromatic heterocycles. The van der Waals surface area contributed by atoms with Gasteiger partial charge in [0.25, 0.3) is 0 Å². The summed E-state index contributed by atoms with van der Waals surface area (Å²) in [6.07, 6.45) is 3.34. The van der Waals surface area contributed by atoms with Gasteiger partial charge in [-0.2, -0.15) is 11.8 Å². The molecule has 0 aliphatic heterocycles. The fourth-order valence-electron chi connectivity index (χ4n) is 4.94. The first kappa shape index (κ1) is 34.5. The van der Waals surface area contributed by atoms with Gasteiger partial charge in [-0.1, -0.05) is 93.1 Å². The summed E-state index contributed by atoms with van der Waals surface area (Å²) in [6, 6.07) is 23.7. The van der Waals surface area contributed by atoms with Gasteiger partial charge in [0.2, 0.25) is 11.8 Å². The van der Waals surface area contributed by atoms with E-state index in [9.17, 15) is 14.4 Å². The summed E-state index contributed by atoms with van der Waals surface area (Å²) in [6.45, 7) is 5.35. The summed E-state index contributed by atoms with van der Waals surface area (Å²) >= 11 is 3.21. The van der Waals surface area contributed by atoms with Crippen LogP contribution in [0.25, 0.3) is 10.8 Å². The van der Waals surface area contributed by atoms with E-state index in [1.54, 1.807) is 23.5 Å². The lowest BCUT2D eigenvalue weighted by Crippen LogP contribution is -2.51. The molecule has 0 aliphatic carbocycles. The number of nitrogens with one attached hydrogen (secondary N) is 2. The van der Waals surface area contributed by atoms with Crippen molar-refractivity contribution in [2.24, 2.45) is 5.92 Å². The van der Waals surface area contributed by atoms with Crippen molar-refractivity contribution in [1.29, 1.82) is 0 Å². The number of ether oxygens (including phenoxy) is 1. The van der Waals surface area contributed by atoms with E-state index in [1.165, 1.54) is 12.7 Å². The van der Waals surface area contributed by atoms with Gasteiger partial charge in [-0.15, -0.1) is 11.8 Å². The minimum absolute atomic E-state index is 0.0105. The number of methoxy groups -OCH3 is 1. The number of thioether (sulfide) groups is 2. The van der Waals surface area contributed by atoms with E-state index in [0.717, 1.165) is 34.3 Å². The molecular weight excluding hydrogens is 579 g/mol. The molecule has 0 bridgehead atoms. The van der Waals surface area contributed by atoms with Crippen LogP contribution >= 0.6 is 23.5 Å². The zero-order chi connectivity index (χ0) is 31.0. The molecule has 7 nitrogen and oxygen atoms in total. The summed E-state index contributed by atoms with van der Waals surface area (Å²) in [5, 5.41) is 8.43. The summed E-state index contributed by atoms with van der Waals surface area (Å²) < 4.78 is 4.95. The van der Waals surface area contributed by atoms with Crippen LogP contribution in [-0.2, 0) is 31.4 Å². The van der Waals surface area contributed by atoms with Crippen LogP contribution in [0.4, 0.5) is 0 Å². The molecule has 0 unspecified atom stereocenters. The predicted octanol–water partition coefficient (Wildman–Crippen LogP) is 5.52. The number of amides is 2. The van der Waals surface area contributed by atoms with Gasteiger partial charge in [-0.05, 0) is 46.2 Å². The maximum atomic E-state index is 13.4. The molecule has 3 atom stereocenters. The van der Waals surface area contributed by atoms with Crippen molar-refractivity contribution < 1.29 is 19.1 Å². The van der Waals surface area contributed by atoms with Crippen molar-refractivity contribution >= 4 is 52.1 Å². The van der Waals surface area contributed by atoms with E-state index in [2.05, 4.69) is 65.8 Å². The van der Waals surface area contributed by atoms with Crippen LogP contribution in [-0.4, -0.2) is 72.7 Å². The van der Waals surface area contributed by atoms with E-state index < -0.39 is 12.0 Å². The Bertz CT molecular complexity index is 1300. The summed E-state index contributed by atoms with van der Waals surface area (Å²) in [4.78, 5) is 40.9. The molecule has 0 fully saturated rings. The minimum Gasteiger partial charge on any atom is -0.467 e. The fourth-order valence-corrected chi connectivity index (χ4v) is 6.21. The molecule has 0 heterocycles. The van der Waals surface area contributed by atoms with Crippen LogP contribution in [0.1, 0.15) is 37.8 Å². The molecule has 0 spiro atoms. The second-order valence-electron chi connectivity index (χ2n) is 10.8. The van der Waals surface area contributed by atoms with Crippen molar-refractivity contribution in [3.63, 3.8) is 0 Å². The van der Waals surface area contributed by atoms with Gasteiger partial charge in [-0.3, -0.25) is 14.5 Å². The molecule has 3 aromatic carbocycles. The van der Waals surface area contributed by atoms with Crippen molar-refractivity contribution in [1.82, 2.24) is 15.5 Å². The Hall–Kier alpha value is -3.01. The number of hydrogen-bond acceptors (Lipinski definition) is 7. The molecule has 0 saturated heterocycles. The highest BCUT2D eigenvalue weighted by Gasteiger charge is 2.26. The van der Waals surface area contributed by atoms with Crippen LogP contribution < -0.4 is 10.6 Å². The molecule has 232 valence electrons. The number of hydrogen-bond donors (Lipinski definition) is 2. The first-order chi connectivity index (χ1) is 20.8. The van der Waals surface area contributed by atoms with Gasteiger partial charge in [0.1, 0.15) is 6.04 Å². The van der Waals surface area contributed by atoms with Crippen molar-refractivity contribution in [3.8, 4) is 0 Å². The number of benzene rings is 3. The Kier molecular flexibility index (Phi) is 14.9. The molecule has 0 saturated carbocycles. The zero-order valence-electron chi connectivity index (χ0n) is 25.7. The van der Waals surface area contributed by atoms with Crippen LogP contribution in [0.5, 0.6) is 0 Å². The zero-order valence-corrected chi connectivity index (χ0v) is 27.3. The Balaban J connectivity index is 1.76. The van der Waals surface area contributed by atoms with Gasteiger partial charge in [0.15, 0.2) is 0 Å². The van der Waals surface area contributed by atoms with Gasteiger partial charge in [0.05, 0.1) is 19.4 Å². The van der Waals surface area contributed by atoms with Crippen molar-refractivity contribution in [3.05, 3.63) is 83.9 Å². The highest BCUT2D eigenvalue weighted by molar-refractivity contribution is 7.99. The Morgan fingerprint density at radius 2 is 1.65 bits per heavy atom. The number of fused-ring (bicyclic) bond motifs is 1. The smallest absolute Gasteiger partial charge is 0.328 e. The largest absolute Gasteiger partial charge is 0.467 e. The lowest BCUT2D eigenvalue weighted by molar-refractivity contribution is -0.145. The lowest BCUT2D eigenvalue weighted by Gasteiger charge is -2.31. The maximum absolute atomic E-state index is 13.4. The molecule has 43 heavy (non-hydrogen) atoms. The van der Waals surface area contributed by atoms with Crippen LogP contribution in [0.2, 0.25) is 0 Å². The molecule has 0 radical (unpaired) electrons. The molecule has 3 rings (SSSR count). The minimum atomic E-state index is -0.698. The average molecular weight is 624 g/mol. The number of rotatable bonds is 18. The highest BCUT2D eigenvalue weighted by atomic mass is 32.2. The summed E-state index contributed by atoms with van der Waals surface area (Å²) in [7, 11) is 1.34. The predicted molar refractivity (Wildman–Crippen MR) is 180 cm³/mol. The molecule has 9 heteroatoms. The maximum Gasteiger partial charge on any atom is 0.328 e. The van der Waals surface area contributed by atoms with Crippen LogP contribution in [0.3, 0.4) is 0 Å². The monoisotopic (exact) mass is 623 g/mol. The second-order valence-corrected chi connectivity index (χ2v) is 12.7. The fraction of sp³-hybridized carbons (Fsp3) is 0.441. The third-order valence-electron chi connectivity index (χ3n) is 7.55. The van der Waals surface area contributed by atoms with E-state index in [1.807, 2.05) is 42.7 Å². The normalized spacial score (nSPS) is 13.3. The molecule has 3 aromatic rings. The topological polar surface area (TPSA) is 87.7 Å². The second kappa shape index (κ2) is 18.6. The summed E-state index contributed by atoms with van der Waals surface area (Å²) in [5.41, 5.74) is 2.29. The Morgan fingerprint density at radius 1 is 0.930 bits per heavy atom. The number of nitrogens with zero attached hydrogens (tertiary/aromatic N) is 1. The SMILES string of the molecule is CC[C@H](C)[C@@H](CN(CC(=O)N[C@@H](CCSC)C(=O)OC)Cc1cccc2ccccc12)NC(=O)CSCc1ccccc1. The lowest BCUT2D eigenvalue weighted by atomic mass is 9.97. The van der Waals surface area contributed by atoms with E-state index >= 15 is 0 Å². The third kappa shape index (κ3) is 11.5. The van der Waals surface area contributed by atoms with Gasteiger partial charge >= 0.3 is 5.97 Å². The Morgan fingerprint density at radius 3 is 2.37 bits per heavy atom. The van der Waals surface area contributed by atoms with Gasteiger partial charge in [-0.25, -0.2) is 4.79 Å². The molecule has 2 amide bonds. The molecular formula is C34H45N3O4S2. The van der Waals surface area contributed by atoms with Crippen LogP contribution in [0.15, 0.2) is 72.8 Å². The van der Waals surface area contributed by atoms with Crippen molar-refractivity contribution in [2.75, 3.05) is 38.0 Å².